The van der Waals surface area contributed by atoms with Gasteiger partial charge < -0.3 is 10.6 Å². The summed E-state index contributed by atoms with van der Waals surface area (Å²) in [6.07, 6.45) is 1.93. The number of nitrogens with one attached hydrogen (secondary N) is 2. The molecule has 2 aromatic carbocycles. The first kappa shape index (κ1) is 21.2. The van der Waals surface area contributed by atoms with Crippen LogP contribution in [0.4, 0.5) is 5.69 Å². The molecule has 2 N–H and O–H groups in total. The Morgan fingerprint density at radius 3 is 2.50 bits per heavy atom. The lowest BCUT2D eigenvalue weighted by Gasteiger charge is -2.10. The molecule has 30 heavy (non-hydrogen) atoms. The first-order chi connectivity index (χ1) is 14.3. The Kier molecular flexibility index (Phi) is 6.61. The zero-order valence-corrected chi connectivity index (χ0v) is 17.4. The van der Waals surface area contributed by atoms with Gasteiger partial charge in [0.15, 0.2) is 0 Å². The molecule has 0 aliphatic heterocycles. The van der Waals surface area contributed by atoms with Gasteiger partial charge in [-0.2, -0.15) is 0 Å². The number of aryl methyl sites for hydroxylation is 2. The van der Waals surface area contributed by atoms with E-state index in [2.05, 4.69) is 15.6 Å². The summed E-state index contributed by atoms with van der Waals surface area (Å²) in [5.41, 5.74) is 2.99. The second-order valence-electron chi connectivity index (χ2n) is 7.61. The Bertz CT molecular complexity index is 1120. The Hall–Kier alpha value is -3.48. The third-order valence-corrected chi connectivity index (χ3v) is 4.69. The van der Waals surface area contributed by atoms with Crippen LogP contribution in [0, 0.1) is 6.92 Å². The van der Waals surface area contributed by atoms with Crippen molar-refractivity contribution in [3.63, 3.8) is 0 Å². The number of anilines is 1. The topological polar surface area (TPSA) is 93.1 Å². The molecule has 3 aromatic rings. The number of aromatic nitrogens is 2. The van der Waals surface area contributed by atoms with Crippen molar-refractivity contribution < 1.29 is 9.59 Å². The quantitative estimate of drug-likeness (QED) is 0.631. The Morgan fingerprint density at radius 2 is 1.80 bits per heavy atom. The predicted octanol–water partition coefficient (Wildman–Crippen LogP) is 2.80. The molecule has 2 amide bonds. The number of carbonyl (C=O) groups excluding carboxylic acids is 2. The zero-order chi connectivity index (χ0) is 21.7. The highest BCUT2D eigenvalue weighted by molar-refractivity contribution is 5.90. The summed E-state index contributed by atoms with van der Waals surface area (Å²) < 4.78 is 1.46. The molecule has 3 rings (SSSR count). The smallest absolute Gasteiger partial charge is 0.261 e. The van der Waals surface area contributed by atoms with Crippen molar-refractivity contribution >= 4 is 28.4 Å². The van der Waals surface area contributed by atoms with Crippen LogP contribution >= 0.6 is 0 Å². The van der Waals surface area contributed by atoms with Crippen LogP contribution < -0.4 is 16.2 Å². The molecule has 0 aliphatic carbocycles. The lowest BCUT2D eigenvalue weighted by molar-refractivity contribution is -0.121. The number of hydrogen-bond acceptors (Lipinski definition) is 4. The van der Waals surface area contributed by atoms with Gasteiger partial charge in [-0.1, -0.05) is 24.3 Å². The molecule has 0 aliphatic rings. The van der Waals surface area contributed by atoms with Crippen molar-refractivity contribution in [1.82, 2.24) is 14.9 Å². The number of amides is 2. The first-order valence-corrected chi connectivity index (χ1v) is 9.96. The second kappa shape index (κ2) is 9.35. The minimum atomic E-state index is -0.198. The molecule has 0 saturated heterocycles. The summed E-state index contributed by atoms with van der Waals surface area (Å²) in [6.45, 7) is 5.99. The second-order valence-corrected chi connectivity index (χ2v) is 7.61. The molecule has 0 atom stereocenters. The molecule has 7 nitrogen and oxygen atoms in total. The van der Waals surface area contributed by atoms with Gasteiger partial charge in [0.1, 0.15) is 0 Å². The van der Waals surface area contributed by atoms with Gasteiger partial charge in [0.25, 0.3) is 5.56 Å². The number of para-hydroxylation sites is 1. The summed E-state index contributed by atoms with van der Waals surface area (Å²) >= 11 is 0. The summed E-state index contributed by atoms with van der Waals surface area (Å²) in [4.78, 5) is 41.1. The summed E-state index contributed by atoms with van der Waals surface area (Å²) in [5, 5.41) is 6.21. The van der Waals surface area contributed by atoms with E-state index in [0.29, 0.717) is 23.0 Å². The monoisotopic (exact) mass is 406 g/mol. The van der Waals surface area contributed by atoms with Crippen LogP contribution in [-0.4, -0.2) is 27.4 Å². The van der Waals surface area contributed by atoms with Crippen LogP contribution in [0.25, 0.3) is 10.9 Å². The van der Waals surface area contributed by atoms with Crippen molar-refractivity contribution in [2.24, 2.45) is 0 Å². The van der Waals surface area contributed by atoms with Gasteiger partial charge in [0.05, 0.1) is 23.7 Å². The van der Waals surface area contributed by atoms with E-state index in [9.17, 15) is 14.4 Å². The van der Waals surface area contributed by atoms with Gasteiger partial charge in [-0.25, -0.2) is 4.98 Å². The van der Waals surface area contributed by atoms with E-state index in [0.717, 1.165) is 11.1 Å². The summed E-state index contributed by atoms with van der Waals surface area (Å²) in [7, 11) is 0. The average molecular weight is 406 g/mol. The van der Waals surface area contributed by atoms with Gasteiger partial charge >= 0.3 is 0 Å². The number of rotatable bonds is 7. The van der Waals surface area contributed by atoms with E-state index in [4.69, 9.17) is 0 Å². The van der Waals surface area contributed by atoms with Gasteiger partial charge in [-0.3, -0.25) is 19.0 Å². The SMILES string of the molecule is Cc1cccc2c(=O)n(CCC(=O)Nc3ccc(CC(=O)NC(C)C)cc3)cnc12. The standard InChI is InChI=1S/C23H26N4O3/c1-15(2)25-21(29)13-17-7-9-18(10-8-17)26-20(28)11-12-27-14-24-22-16(3)5-4-6-19(22)23(27)30/h4-10,14-15H,11-13H2,1-3H3,(H,25,29)(H,26,28). The molecule has 0 fully saturated rings. The van der Waals surface area contributed by atoms with Gasteiger partial charge in [0.2, 0.25) is 11.8 Å². The maximum Gasteiger partial charge on any atom is 0.261 e. The molecule has 0 radical (unpaired) electrons. The van der Waals surface area contributed by atoms with Crippen LogP contribution in [0.5, 0.6) is 0 Å². The third kappa shape index (κ3) is 5.31. The Labute approximate surface area is 175 Å². The predicted molar refractivity (Wildman–Crippen MR) is 117 cm³/mol. The van der Waals surface area contributed by atoms with Crippen LogP contribution in [0.1, 0.15) is 31.4 Å². The van der Waals surface area contributed by atoms with Gasteiger partial charge in [0, 0.05) is 24.7 Å². The fraction of sp³-hybridized carbons (Fsp3) is 0.304. The third-order valence-electron chi connectivity index (χ3n) is 4.69. The Balaban J connectivity index is 1.57. The minimum absolute atomic E-state index is 0.0357. The van der Waals surface area contributed by atoms with E-state index < -0.39 is 0 Å². The normalized spacial score (nSPS) is 10.9. The van der Waals surface area contributed by atoms with Crippen molar-refractivity contribution in [3.8, 4) is 0 Å². The van der Waals surface area contributed by atoms with E-state index in [-0.39, 0.29) is 36.4 Å². The maximum absolute atomic E-state index is 12.6. The molecule has 1 aromatic heterocycles. The number of fused-ring (bicyclic) bond motifs is 1. The van der Waals surface area contributed by atoms with Crippen LogP contribution in [0.3, 0.4) is 0 Å². The number of carbonyl (C=O) groups is 2. The van der Waals surface area contributed by atoms with E-state index >= 15 is 0 Å². The highest BCUT2D eigenvalue weighted by atomic mass is 16.2. The highest BCUT2D eigenvalue weighted by Crippen LogP contribution is 2.12. The fourth-order valence-electron chi connectivity index (χ4n) is 3.21. The molecule has 0 unspecified atom stereocenters. The van der Waals surface area contributed by atoms with E-state index in [1.807, 2.05) is 45.0 Å². The number of benzene rings is 2. The molecule has 7 heteroatoms. The van der Waals surface area contributed by atoms with Crippen molar-refractivity contribution in [2.45, 2.75) is 46.2 Å². The lowest BCUT2D eigenvalue weighted by atomic mass is 10.1. The molecule has 0 bridgehead atoms. The number of nitrogens with zero attached hydrogens (tertiary/aromatic N) is 2. The van der Waals surface area contributed by atoms with Crippen molar-refractivity contribution in [1.29, 1.82) is 0 Å². The molecular formula is C23H26N4O3. The number of hydrogen-bond donors (Lipinski definition) is 2. The zero-order valence-electron chi connectivity index (χ0n) is 17.4. The molecule has 0 saturated carbocycles. The lowest BCUT2D eigenvalue weighted by Crippen LogP contribution is -2.31. The summed E-state index contributed by atoms with van der Waals surface area (Å²) in [5.74, 6) is -0.233. The molecule has 156 valence electrons. The van der Waals surface area contributed by atoms with Crippen molar-refractivity contribution in [3.05, 3.63) is 70.3 Å². The van der Waals surface area contributed by atoms with E-state index in [1.165, 1.54) is 10.9 Å². The minimum Gasteiger partial charge on any atom is -0.354 e. The largest absolute Gasteiger partial charge is 0.354 e. The maximum atomic E-state index is 12.6. The van der Waals surface area contributed by atoms with Gasteiger partial charge in [-0.15, -0.1) is 0 Å². The van der Waals surface area contributed by atoms with E-state index in [1.54, 1.807) is 18.2 Å². The van der Waals surface area contributed by atoms with Crippen LogP contribution in [0.2, 0.25) is 0 Å². The first-order valence-electron chi connectivity index (χ1n) is 9.96. The molecular weight excluding hydrogens is 380 g/mol. The Morgan fingerprint density at radius 1 is 1.07 bits per heavy atom. The van der Waals surface area contributed by atoms with Crippen molar-refractivity contribution in [2.75, 3.05) is 5.32 Å². The highest BCUT2D eigenvalue weighted by Gasteiger charge is 2.09. The molecule has 1 heterocycles. The summed E-state index contributed by atoms with van der Waals surface area (Å²) in [6, 6.07) is 12.8. The average Bonchev–Trinajstić information content (AvgIpc) is 2.69. The molecule has 0 spiro atoms. The van der Waals surface area contributed by atoms with Crippen LogP contribution in [0.15, 0.2) is 53.6 Å². The van der Waals surface area contributed by atoms with Crippen LogP contribution in [-0.2, 0) is 22.6 Å². The fourth-order valence-corrected chi connectivity index (χ4v) is 3.21. The van der Waals surface area contributed by atoms with Gasteiger partial charge in [-0.05, 0) is 50.1 Å².